The third-order valence-electron chi connectivity index (χ3n) is 3.85. The lowest BCUT2D eigenvalue weighted by Gasteiger charge is -2.13. The van der Waals surface area contributed by atoms with Crippen molar-refractivity contribution in [3.05, 3.63) is 69.8 Å². The number of carbonyl (C=O) groups excluding carboxylic acids is 2. The molecule has 0 spiro atoms. The molecule has 2 amide bonds. The van der Waals surface area contributed by atoms with Crippen molar-refractivity contribution < 1.29 is 14.0 Å². The molecule has 0 fully saturated rings. The fourth-order valence-corrected chi connectivity index (χ4v) is 3.90. The minimum Gasteiger partial charge on any atom is -0.350 e. The molecule has 1 heterocycles. The van der Waals surface area contributed by atoms with Gasteiger partial charge in [-0.2, -0.15) is 0 Å². The Morgan fingerprint density at radius 2 is 1.92 bits per heavy atom. The first-order chi connectivity index (χ1) is 12.5. The molecule has 0 aliphatic rings. The molecule has 0 radical (unpaired) electrons. The van der Waals surface area contributed by atoms with Crippen LogP contribution in [0.3, 0.4) is 0 Å². The lowest BCUT2D eigenvalue weighted by molar-refractivity contribution is -0.122. The minimum absolute atomic E-state index is 0.259. The number of nitrogens with one attached hydrogen (secondary N) is 2. The van der Waals surface area contributed by atoms with Crippen molar-refractivity contribution in [1.29, 1.82) is 0 Å². The van der Waals surface area contributed by atoms with Gasteiger partial charge in [-0.1, -0.05) is 41.9 Å². The molecule has 2 N–H and O–H groups in total. The van der Waals surface area contributed by atoms with Crippen LogP contribution in [0, 0.1) is 5.82 Å². The summed E-state index contributed by atoms with van der Waals surface area (Å²) in [6.07, 6.45) is 0. The first-order valence-electron chi connectivity index (χ1n) is 7.95. The molecule has 1 aromatic heterocycles. The van der Waals surface area contributed by atoms with E-state index in [2.05, 4.69) is 10.6 Å². The van der Waals surface area contributed by atoms with E-state index < -0.39 is 17.8 Å². The van der Waals surface area contributed by atoms with Crippen molar-refractivity contribution in [3.63, 3.8) is 0 Å². The van der Waals surface area contributed by atoms with Crippen molar-refractivity contribution in [1.82, 2.24) is 10.6 Å². The van der Waals surface area contributed by atoms with Gasteiger partial charge in [0.25, 0.3) is 5.91 Å². The topological polar surface area (TPSA) is 58.2 Å². The van der Waals surface area contributed by atoms with Gasteiger partial charge >= 0.3 is 0 Å². The van der Waals surface area contributed by atoms with Gasteiger partial charge in [0.15, 0.2) is 0 Å². The Morgan fingerprint density at radius 3 is 2.65 bits per heavy atom. The molecular weight excluding hydrogens is 375 g/mol. The monoisotopic (exact) mass is 390 g/mol. The fraction of sp³-hybridized carbons (Fsp3) is 0.158. The van der Waals surface area contributed by atoms with Crippen LogP contribution < -0.4 is 10.6 Å². The predicted octanol–water partition coefficient (Wildman–Crippen LogP) is 4.13. The van der Waals surface area contributed by atoms with E-state index in [1.165, 1.54) is 18.2 Å². The van der Waals surface area contributed by atoms with Crippen molar-refractivity contribution in [2.45, 2.75) is 19.5 Å². The van der Waals surface area contributed by atoms with Crippen LogP contribution >= 0.6 is 22.9 Å². The van der Waals surface area contributed by atoms with Crippen LogP contribution in [0.5, 0.6) is 0 Å². The number of amides is 2. The van der Waals surface area contributed by atoms with Crippen LogP contribution in [0.25, 0.3) is 10.1 Å². The zero-order chi connectivity index (χ0) is 18.7. The molecule has 2 aromatic carbocycles. The van der Waals surface area contributed by atoms with Gasteiger partial charge in [-0.25, -0.2) is 4.39 Å². The third kappa shape index (κ3) is 4.03. The highest BCUT2D eigenvalue weighted by atomic mass is 35.5. The molecule has 1 unspecified atom stereocenters. The average molecular weight is 391 g/mol. The number of benzene rings is 2. The summed E-state index contributed by atoms with van der Waals surface area (Å²) in [5.74, 6) is -1.15. The van der Waals surface area contributed by atoms with Gasteiger partial charge in [0, 0.05) is 16.6 Å². The second-order valence-electron chi connectivity index (χ2n) is 5.78. The number of fused-ring (bicyclic) bond motifs is 1. The largest absolute Gasteiger partial charge is 0.350 e. The summed E-state index contributed by atoms with van der Waals surface area (Å²) in [4.78, 5) is 24.9. The molecule has 0 saturated heterocycles. The first kappa shape index (κ1) is 18.4. The Kier molecular flexibility index (Phi) is 5.54. The van der Waals surface area contributed by atoms with Crippen molar-refractivity contribution in [3.8, 4) is 0 Å². The van der Waals surface area contributed by atoms with Crippen LogP contribution in [0.4, 0.5) is 4.39 Å². The van der Waals surface area contributed by atoms with Gasteiger partial charge < -0.3 is 10.6 Å². The van der Waals surface area contributed by atoms with E-state index in [9.17, 15) is 14.0 Å². The number of thiophene rings is 1. The van der Waals surface area contributed by atoms with Crippen molar-refractivity contribution in [2.75, 3.05) is 0 Å². The zero-order valence-electron chi connectivity index (χ0n) is 13.9. The number of hydrogen-bond acceptors (Lipinski definition) is 3. The zero-order valence-corrected chi connectivity index (χ0v) is 15.5. The highest BCUT2D eigenvalue weighted by molar-refractivity contribution is 7.21. The Morgan fingerprint density at radius 1 is 1.19 bits per heavy atom. The number of carbonyl (C=O) groups is 2. The van der Waals surface area contributed by atoms with Gasteiger partial charge in [-0.3, -0.25) is 9.59 Å². The molecule has 26 heavy (non-hydrogen) atoms. The van der Waals surface area contributed by atoms with Crippen molar-refractivity contribution in [2.24, 2.45) is 0 Å². The summed E-state index contributed by atoms with van der Waals surface area (Å²) in [5, 5.41) is 6.28. The van der Waals surface area contributed by atoms with Crippen molar-refractivity contribution >= 4 is 44.8 Å². The van der Waals surface area contributed by atoms with Crippen LogP contribution in [0.2, 0.25) is 5.02 Å². The van der Waals surface area contributed by atoms with E-state index in [-0.39, 0.29) is 15.8 Å². The molecule has 0 aliphatic heterocycles. The molecular formula is C19H16ClFN2O2S. The van der Waals surface area contributed by atoms with E-state index in [0.717, 1.165) is 16.9 Å². The number of rotatable bonds is 5. The number of hydrogen-bond donors (Lipinski definition) is 2. The smallest absolute Gasteiger partial charge is 0.263 e. The van der Waals surface area contributed by atoms with Gasteiger partial charge in [-0.15, -0.1) is 11.3 Å². The quantitative estimate of drug-likeness (QED) is 0.688. The molecule has 7 heteroatoms. The molecule has 3 aromatic rings. The van der Waals surface area contributed by atoms with Crippen LogP contribution in [-0.4, -0.2) is 17.9 Å². The predicted molar refractivity (Wildman–Crippen MR) is 102 cm³/mol. The Hall–Kier alpha value is -2.44. The lowest BCUT2D eigenvalue weighted by atomic mass is 10.2. The molecule has 0 saturated carbocycles. The SMILES string of the molecule is CC(NC(=O)c1sc2cc(F)ccc2c1Cl)C(=O)NCc1ccccc1. The second kappa shape index (κ2) is 7.85. The summed E-state index contributed by atoms with van der Waals surface area (Å²) in [6.45, 7) is 1.97. The van der Waals surface area contributed by atoms with E-state index in [4.69, 9.17) is 11.6 Å². The Labute approximate surface area is 159 Å². The normalized spacial score (nSPS) is 12.0. The van der Waals surface area contributed by atoms with E-state index in [0.29, 0.717) is 16.6 Å². The minimum atomic E-state index is -0.732. The molecule has 0 bridgehead atoms. The maximum atomic E-state index is 13.3. The van der Waals surface area contributed by atoms with Gasteiger partial charge in [0.2, 0.25) is 5.91 Å². The maximum absolute atomic E-state index is 13.3. The fourth-order valence-electron chi connectivity index (χ4n) is 2.45. The van der Waals surface area contributed by atoms with E-state index >= 15 is 0 Å². The summed E-state index contributed by atoms with van der Waals surface area (Å²) < 4.78 is 13.9. The maximum Gasteiger partial charge on any atom is 0.263 e. The molecule has 1 atom stereocenters. The van der Waals surface area contributed by atoms with Gasteiger partial charge in [0.05, 0.1) is 5.02 Å². The molecule has 134 valence electrons. The summed E-state index contributed by atoms with van der Waals surface area (Å²) >= 11 is 7.33. The first-order valence-corrected chi connectivity index (χ1v) is 9.15. The Balaban J connectivity index is 1.65. The summed E-state index contributed by atoms with van der Waals surface area (Å²) in [5.41, 5.74) is 0.967. The molecule has 4 nitrogen and oxygen atoms in total. The summed E-state index contributed by atoms with van der Waals surface area (Å²) in [7, 11) is 0. The highest BCUT2D eigenvalue weighted by Crippen LogP contribution is 2.35. The highest BCUT2D eigenvalue weighted by Gasteiger charge is 2.21. The number of halogens is 2. The van der Waals surface area contributed by atoms with E-state index in [1.807, 2.05) is 30.3 Å². The van der Waals surface area contributed by atoms with Gasteiger partial charge in [0.1, 0.15) is 16.7 Å². The summed E-state index contributed by atoms with van der Waals surface area (Å²) in [6, 6.07) is 12.9. The lowest BCUT2D eigenvalue weighted by Crippen LogP contribution is -2.44. The standard InChI is InChI=1S/C19H16ClFN2O2S/c1-11(18(24)22-10-12-5-3-2-4-6-12)23-19(25)17-16(20)14-8-7-13(21)9-15(14)26-17/h2-9,11H,10H2,1H3,(H,22,24)(H,23,25). The second-order valence-corrected chi connectivity index (χ2v) is 7.21. The molecule has 0 aliphatic carbocycles. The third-order valence-corrected chi connectivity index (χ3v) is 5.50. The van der Waals surface area contributed by atoms with E-state index in [1.54, 1.807) is 6.92 Å². The molecule has 3 rings (SSSR count). The van der Waals surface area contributed by atoms with Crippen LogP contribution in [0.15, 0.2) is 48.5 Å². The van der Waals surface area contributed by atoms with Gasteiger partial charge in [-0.05, 0) is 30.7 Å². The Bertz CT molecular complexity index is 959. The van der Waals surface area contributed by atoms with Crippen LogP contribution in [-0.2, 0) is 11.3 Å². The van der Waals surface area contributed by atoms with Crippen LogP contribution in [0.1, 0.15) is 22.2 Å². The average Bonchev–Trinajstić information content (AvgIpc) is 2.96.